The van der Waals surface area contributed by atoms with Gasteiger partial charge in [-0.05, 0) is 43.9 Å². The maximum atomic E-state index is 3.87. The standard InChI is InChI=1S/C14H26N2/c1-10(2)11-7-13(8-11)15-12-5-6-16(9-12)14-3-4-14/h10-15H,3-9H2,1-2H3. The van der Waals surface area contributed by atoms with Gasteiger partial charge < -0.3 is 5.32 Å². The van der Waals surface area contributed by atoms with E-state index in [2.05, 4.69) is 24.1 Å². The van der Waals surface area contributed by atoms with E-state index in [0.717, 1.165) is 30.0 Å². The highest BCUT2D eigenvalue weighted by Crippen LogP contribution is 2.35. The topological polar surface area (TPSA) is 15.3 Å². The molecule has 92 valence electrons. The minimum Gasteiger partial charge on any atom is -0.310 e. The highest BCUT2D eigenvalue weighted by molar-refractivity contribution is 4.95. The monoisotopic (exact) mass is 222 g/mol. The Balaban J connectivity index is 1.37. The van der Waals surface area contributed by atoms with Crippen molar-refractivity contribution >= 4 is 0 Å². The third kappa shape index (κ3) is 2.28. The number of hydrogen-bond donors (Lipinski definition) is 1. The average molecular weight is 222 g/mol. The summed E-state index contributed by atoms with van der Waals surface area (Å²) in [6.07, 6.45) is 7.17. The summed E-state index contributed by atoms with van der Waals surface area (Å²) in [7, 11) is 0. The van der Waals surface area contributed by atoms with Gasteiger partial charge in [-0.25, -0.2) is 0 Å². The molecule has 0 bridgehead atoms. The minimum atomic E-state index is 0.804. The first-order chi connectivity index (χ1) is 7.72. The van der Waals surface area contributed by atoms with Gasteiger partial charge in [-0.1, -0.05) is 13.8 Å². The molecule has 0 aromatic heterocycles. The zero-order valence-corrected chi connectivity index (χ0v) is 10.8. The fourth-order valence-corrected chi connectivity index (χ4v) is 3.37. The van der Waals surface area contributed by atoms with E-state index >= 15 is 0 Å². The summed E-state index contributed by atoms with van der Waals surface area (Å²) >= 11 is 0. The van der Waals surface area contributed by atoms with Crippen molar-refractivity contribution in [2.24, 2.45) is 11.8 Å². The number of rotatable bonds is 4. The van der Waals surface area contributed by atoms with E-state index < -0.39 is 0 Å². The Labute approximate surface area is 99.8 Å². The predicted molar refractivity (Wildman–Crippen MR) is 67.5 cm³/mol. The van der Waals surface area contributed by atoms with Crippen LogP contribution in [0.2, 0.25) is 0 Å². The summed E-state index contributed by atoms with van der Waals surface area (Å²) in [4.78, 5) is 2.70. The largest absolute Gasteiger partial charge is 0.310 e. The van der Waals surface area contributed by atoms with Crippen molar-refractivity contribution in [1.29, 1.82) is 0 Å². The van der Waals surface area contributed by atoms with Crippen LogP contribution in [0, 0.1) is 11.8 Å². The first kappa shape index (κ1) is 11.0. The molecule has 3 aliphatic rings. The van der Waals surface area contributed by atoms with Crippen LogP contribution in [-0.4, -0.2) is 36.1 Å². The van der Waals surface area contributed by atoms with Gasteiger partial charge in [0.15, 0.2) is 0 Å². The lowest BCUT2D eigenvalue weighted by Gasteiger charge is -2.40. The first-order valence-corrected chi connectivity index (χ1v) is 7.22. The van der Waals surface area contributed by atoms with Crippen molar-refractivity contribution in [3.63, 3.8) is 0 Å². The maximum Gasteiger partial charge on any atom is 0.0209 e. The Bertz CT molecular complexity index is 241. The quantitative estimate of drug-likeness (QED) is 0.785. The molecule has 0 amide bonds. The first-order valence-electron chi connectivity index (χ1n) is 7.22. The summed E-state index contributed by atoms with van der Waals surface area (Å²) in [6.45, 7) is 7.41. The van der Waals surface area contributed by atoms with Crippen LogP contribution in [0.25, 0.3) is 0 Å². The summed E-state index contributed by atoms with van der Waals surface area (Å²) < 4.78 is 0. The van der Waals surface area contributed by atoms with Gasteiger partial charge in [0.1, 0.15) is 0 Å². The Morgan fingerprint density at radius 2 is 1.81 bits per heavy atom. The van der Waals surface area contributed by atoms with Crippen LogP contribution in [0.15, 0.2) is 0 Å². The summed E-state index contributed by atoms with van der Waals surface area (Å²) in [6, 6.07) is 2.62. The van der Waals surface area contributed by atoms with Crippen LogP contribution < -0.4 is 5.32 Å². The number of hydrogen-bond acceptors (Lipinski definition) is 2. The van der Waals surface area contributed by atoms with E-state index in [1.54, 1.807) is 0 Å². The Kier molecular flexibility index (Phi) is 2.97. The fraction of sp³-hybridized carbons (Fsp3) is 1.00. The van der Waals surface area contributed by atoms with Crippen molar-refractivity contribution in [1.82, 2.24) is 10.2 Å². The molecular weight excluding hydrogens is 196 g/mol. The molecule has 0 aromatic rings. The van der Waals surface area contributed by atoms with E-state index in [9.17, 15) is 0 Å². The number of likely N-dealkylation sites (tertiary alicyclic amines) is 1. The molecule has 16 heavy (non-hydrogen) atoms. The molecular formula is C14H26N2. The maximum absolute atomic E-state index is 3.87. The van der Waals surface area contributed by atoms with Gasteiger partial charge in [-0.3, -0.25) is 4.90 Å². The van der Waals surface area contributed by atoms with E-state index in [1.807, 2.05) is 0 Å². The van der Waals surface area contributed by atoms with Gasteiger partial charge in [0, 0.05) is 31.2 Å². The normalized spacial score (nSPS) is 40.3. The third-order valence-corrected chi connectivity index (χ3v) is 4.87. The Morgan fingerprint density at radius 1 is 1.06 bits per heavy atom. The van der Waals surface area contributed by atoms with Crippen LogP contribution in [0.5, 0.6) is 0 Å². The molecule has 0 radical (unpaired) electrons. The molecule has 2 saturated carbocycles. The van der Waals surface area contributed by atoms with Gasteiger partial charge in [0.25, 0.3) is 0 Å². The van der Waals surface area contributed by atoms with Gasteiger partial charge in [0.05, 0.1) is 0 Å². The number of nitrogens with zero attached hydrogens (tertiary/aromatic N) is 1. The molecule has 2 heteroatoms. The van der Waals surface area contributed by atoms with Crippen molar-refractivity contribution in [2.45, 2.75) is 64.1 Å². The molecule has 2 aliphatic carbocycles. The molecule has 1 atom stereocenters. The second kappa shape index (κ2) is 4.30. The molecule has 1 N–H and O–H groups in total. The van der Waals surface area contributed by atoms with Crippen LogP contribution in [0.1, 0.15) is 46.0 Å². The lowest BCUT2D eigenvalue weighted by Crippen LogP contribution is -2.48. The van der Waals surface area contributed by atoms with Crippen LogP contribution in [0.3, 0.4) is 0 Å². The van der Waals surface area contributed by atoms with Gasteiger partial charge in [-0.2, -0.15) is 0 Å². The SMILES string of the molecule is CC(C)C1CC(NC2CCN(C3CC3)C2)C1. The molecule has 3 rings (SSSR count). The zero-order chi connectivity index (χ0) is 11.1. The predicted octanol–water partition coefficient (Wildman–Crippen LogP) is 2.25. The Hall–Kier alpha value is -0.0800. The fourth-order valence-electron chi connectivity index (χ4n) is 3.37. The molecule has 1 saturated heterocycles. The second-order valence-electron chi connectivity index (χ2n) is 6.55. The van der Waals surface area contributed by atoms with Crippen LogP contribution >= 0.6 is 0 Å². The summed E-state index contributed by atoms with van der Waals surface area (Å²) in [5.74, 6) is 1.89. The molecule has 1 unspecified atom stereocenters. The molecule has 0 aromatic carbocycles. The van der Waals surface area contributed by atoms with Crippen LogP contribution in [0.4, 0.5) is 0 Å². The Morgan fingerprint density at radius 3 is 2.44 bits per heavy atom. The molecule has 2 nitrogen and oxygen atoms in total. The van der Waals surface area contributed by atoms with Crippen molar-refractivity contribution in [3.8, 4) is 0 Å². The van der Waals surface area contributed by atoms with E-state index in [0.29, 0.717) is 0 Å². The molecule has 1 aliphatic heterocycles. The van der Waals surface area contributed by atoms with E-state index in [-0.39, 0.29) is 0 Å². The highest BCUT2D eigenvalue weighted by Gasteiger charge is 2.37. The number of nitrogens with one attached hydrogen (secondary N) is 1. The molecule has 0 spiro atoms. The van der Waals surface area contributed by atoms with Crippen molar-refractivity contribution < 1.29 is 0 Å². The summed E-state index contributed by atoms with van der Waals surface area (Å²) in [5, 5.41) is 3.87. The second-order valence-corrected chi connectivity index (χ2v) is 6.55. The molecule has 1 heterocycles. The smallest absolute Gasteiger partial charge is 0.0209 e. The van der Waals surface area contributed by atoms with Crippen LogP contribution in [-0.2, 0) is 0 Å². The lowest BCUT2D eigenvalue weighted by atomic mass is 9.73. The van der Waals surface area contributed by atoms with Gasteiger partial charge >= 0.3 is 0 Å². The van der Waals surface area contributed by atoms with Crippen molar-refractivity contribution in [2.75, 3.05) is 13.1 Å². The zero-order valence-electron chi connectivity index (χ0n) is 10.8. The molecule has 3 fully saturated rings. The minimum absolute atomic E-state index is 0.804. The van der Waals surface area contributed by atoms with Gasteiger partial charge in [-0.15, -0.1) is 0 Å². The average Bonchev–Trinajstić information content (AvgIpc) is 2.92. The van der Waals surface area contributed by atoms with Crippen molar-refractivity contribution in [3.05, 3.63) is 0 Å². The summed E-state index contributed by atoms with van der Waals surface area (Å²) in [5.41, 5.74) is 0. The van der Waals surface area contributed by atoms with Gasteiger partial charge in [0.2, 0.25) is 0 Å². The van der Waals surface area contributed by atoms with E-state index in [1.165, 1.54) is 45.2 Å². The van der Waals surface area contributed by atoms with E-state index in [4.69, 9.17) is 0 Å². The third-order valence-electron chi connectivity index (χ3n) is 4.87. The lowest BCUT2D eigenvalue weighted by molar-refractivity contribution is 0.156. The highest BCUT2D eigenvalue weighted by atomic mass is 15.2.